The van der Waals surface area contributed by atoms with Crippen LogP contribution in [0.1, 0.15) is 49.3 Å². The number of unbranched alkanes of at least 4 members (excludes halogenated alkanes) is 2. The molecule has 5 aromatic rings. The quantitative estimate of drug-likeness (QED) is 0.210. The molecule has 4 aromatic heterocycles. The van der Waals surface area contributed by atoms with Crippen molar-refractivity contribution in [1.82, 2.24) is 39.3 Å². The standard InChI is InChI=1S/C23H25BrN8O3/c1-3-4-7-12-31-20-19(26-22(24)27-20)21(33)32-17(28-29-23(31)32)10-11-18-25-16(30-35-18)13-14-8-5-6-9-15(14)34-2/h5-6,8-9H,3-4,7,10-13H2,1-2H3,(H,26,27). The van der Waals surface area contributed by atoms with Crippen LogP contribution >= 0.6 is 15.9 Å². The van der Waals surface area contributed by atoms with E-state index in [0.29, 0.717) is 65.0 Å². The molecule has 1 aromatic carbocycles. The van der Waals surface area contributed by atoms with Gasteiger partial charge in [0.1, 0.15) is 11.6 Å². The van der Waals surface area contributed by atoms with Gasteiger partial charge in [0.25, 0.3) is 5.56 Å². The molecule has 0 aliphatic carbocycles. The molecule has 0 amide bonds. The van der Waals surface area contributed by atoms with E-state index in [-0.39, 0.29) is 5.56 Å². The molecular weight excluding hydrogens is 516 g/mol. The number of methoxy groups -OCH3 is 1. The number of benzene rings is 1. The van der Waals surface area contributed by atoms with Crippen LogP contribution in [-0.4, -0.2) is 46.4 Å². The number of hydrogen-bond donors (Lipinski definition) is 1. The van der Waals surface area contributed by atoms with Crippen LogP contribution < -0.4 is 10.3 Å². The predicted octanol–water partition coefficient (Wildman–Crippen LogP) is 3.49. The minimum atomic E-state index is -0.234. The summed E-state index contributed by atoms with van der Waals surface area (Å²) in [6.45, 7) is 2.84. The summed E-state index contributed by atoms with van der Waals surface area (Å²) < 4.78 is 14.8. The maximum absolute atomic E-state index is 13.3. The number of imidazole rings is 1. The van der Waals surface area contributed by atoms with E-state index in [4.69, 9.17) is 9.26 Å². The van der Waals surface area contributed by atoms with Crippen LogP contribution in [-0.2, 0) is 25.8 Å². The Labute approximate surface area is 208 Å². The molecule has 1 N–H and O–H groups in total. The number of nitrogens with one attached hydrogen (secondary N) is 1. The highest BCUT2D eigenvalue weighted by atomic mass is 79.9. The lowest BCUT2D eigenvalue weighted by Crippen LogP contribution is -2.21. The fourth-order valence-corrected chi connectivity index (χ4v) is 4.53. The van der Waals surface area contributed by atoms with E-state index < -0.39 is 0 Å². The van der Waals surface area contributed by atoms with E-state index in [1.54, 1.807) is 11.5 Å². The van der Waals surface area contributed by atoms with Gasteiger partial charge in [-0.3, -0.25) is 9.36 Å². The first-order valence-corrected chi connectivity index (χ1v) is 12.3. The van der Waals surface area contributed by atoms with Crippen molar-refractivity contribution in [2.45, 2.75) is 52.0 Å². The zero-order valence-corrected chi connectivity index (χ0v) is 21.1. The van der Waals surface area contributed by atoms with E-state index in [0.717, 1.165) is 30.6 Å². The molecule has 4 heterocycles. The van der Waals surface area contributed by atoms with Crippen molar-refractivity contribution < 1.29 is 9.26 Å². The van der Waals surface area contributed by atoms with Gasteiger partial charge in [0.2, 0.25) is 11.7 Å². The second-order valence-corrected chi connectivity index (χ2v) is 8.99. The minimum Gasteiger partial charge on any atom is -0.496 e. The second kappa shape index (κ2) is 9.98. The van der Waals surface area contributed by atoms with Crippen molar-refractivity contribution in [3.8, 4) is 5.75 Å². The lowest BCUT2D eigenvalue weighted by Gasteiger charge is -2.09. The molecule has 0 saturated heterocycles. The molecule has 0 fully saturated rings. The predicted molar refractivity (Wildman–Crippen MR) is 132 cm³/mol. The fraction of sp³-hybridized carbons (Fsp3) is 0.391. The van der Waals surface area contributed by atoms with Gasteiger partial charge >= 0.3 is 0 Å². The van der Waals surface area contributed by atoms with Crippen molar-refractivity contribution in [3.63, 3.8) is 0 Å². The van der Waals surface area contributed by atoms with Gasteiger partial charge in [-0.05, 0) is 28.4 Å². The number of hydrogen-bond acceptors (Lipinski definition) is 8. The molecule has 0 bridgehead atoms. The number of halogens is 1. The maximum Gasteiger partial charge on any atom is 0.286 e. The summed E-state index contributed by atoms with van der Waals surface area (Å²) in [6, 6.07) is 7.73. The summed E-state index contributed by atoms with van der Waals surface area (Å²) >= 11 is 3.35. The Hall–Kier alpha value is -3.54. The highest BCUT2D eigenvalue weighted by molar-refractivity contribution is 9.10. The van der Waals surface area contributed by atoms with Crippen molar-refractivity contribution in [2.24, 2.45) is 0 Å². The van der Waals surface area contributed by atoms with Crippen molar-refractivity contribution in [3.05, 3.63) is 62.5 Å². The van der Waals surface area contributed by atoms with E-state index in [2.05, 4.69) is 53.2 Å². The fourth-order valence-electron chi connectivity index (χ4n) is 4.17. The normalized spacial score (nSPS) is 11.6. The first-order chi connectivity index (χ1) is 17.1. The zero-order chi connectivity index (χ0) is 24.4. The van der Waals surface area contributed by atoms with Crippen LogP contribution in [0.15, 0.2) is 38.3 Å². The van der Waals surface area contributed by atoms with Gasteiger partial charge in [-0.25, -0.2) is 9.38 Å². The molecule has 0 saturated carbocycles. The Kier molecular flexibility index (Phi) is 6.62. The number of nitrogens with zero attached hydrogens (tertiary/aromatic N) is 7. The minimum absolute atomic E-state index is 0.234. The summed E-state index contributed by atoms with van der Waals surface area (Å²) in [6.07, 6.45) is 4.46. The second-order valence-electron chi connectivity index (χ2n) is 8.23. The number of aryl methyl sites for hydroxylation is 3. The van der Waals surface area contributed by atoms with Gasteiger partial charge in [0.15, 0.2) is 21.7 Å². The third-order valence-corrected chi connectivity index (χ3v) is 6.26. The van der Waals surface area contributed by atoms with Gasteiger partial charge in [0.05, 0.1) is 7.11 Å². The maximum atomic E-state index is 13.3. The molecule has 0 atom stereocenters. The van der Waals surface area contributed by atoms with Gasteiger partial charge in [-0.1, -0.05) is 43.1 Å². The number of para-hydroxylation sites is 1. The van der Waals surface area contributed by atoms with E-state index >= 15 is 0 Å². The van der Waals surface area contributed by atoms with Crippen molar-refractivity contribution in [2.75, 3.05) is 7.11 Å². The summed E-state index contributed by atoms with van der Waals surface area (Å²) in [5, 5.41) is 12.7. The summed E-state index contributed by atoms with van der Waals surface area (Å²) in [5.41, 5.74) is 1.73. The SMILES string of the molecule is CCCCCn1c2nc(Br)[nH]c2c(=O)n2c(CCc3nc(Cc4ccccc4OC)no3)nnc12. The van der Waals surface area contributed by atoms with E-state index in [9.17, 15) is 4.79 Å². The first-order valence-electron chi connectivity index (χ1n) is 11.5. The number of rotatable bonds is 10. The van der Waals surface area contributed by atoms with Gasteiger partial charge < -0.3 is 14.2 Å². The van der Waals surface area contributed by atoms with E-state index in [1.165, 1.54) is 0 Å². The van der Waals surface area contributed by atoms with E-state index in [1.807, 2.05) is 28.8 Å². The summed E-state index contributed by atoms with van der Waals surface area (Å²) in [7, 11) is 1.64. The number of H-pyrrole nitrogens is 1. The highest BCUT2D eigenvalue weighted by Crippen LogP contribution is 2.20. The van der Waals surface area contributed by atoms with Crippen LogP contribution in [0.4, 0.5) is 0 Å². The largest absolute Gasteiger partial charge is 0.496 e. The number of aromatic amines is 1. The average molecular weight is 541 g/mol. The van der Waals surface area contributed by atoms with Crippen LogP contribution in [0.3, 0.4) is 0 Å². The van der Waals surface area contributed by atoms with Crippen molar-refractivity contribution >= 4 is 32.9 Å². The lowest BCUT2D eigenvalue weighted by atomic mass is 10.1. The zero-order valence-electron chi connectivity index (χ0n) is 19.5. The van der Waals surface area contributed by atoms with Crippen LogP contribution in [0.25, 0.3) is 16.9 Å². The van der Waals surface area contributed by atoms with Gasteiger partial charge in [-0.2, -0.15) is 4.98 Å². The first kappa shape index (κ1) is 23.2. The third kappa shape index (κ3) is 4.57. The van der Waals surface area contributed by atoms with Gasteiger partial charge in [-0.15, -0.1) is 10.2 Å². The molecule has 0 radical (unpaired) electrons. The topological polar surface area (TPSA) is 129 Å². The Morgan fingerprint density at radius 2 is 2.00 bits per heavy atom. The molecule has 12 heteroatoms. The Morgan fingerprint density at radius 3 is 2.83 bits per heavy atom. The van der Waals surface area contributed by atoms with Crippen LogP contribution in [0.2, 0.25) is 0 Å². The van der Waals surface area contributed by atoms with Gasteiger partial charge in [0, 0.05) is 31.4 Å². The average Bonchev–Trinajstić information content (AvgIpc) is 3.59. The molecule has 0 aliphatic rings. The highest BCUT2D eigenvalue weighted by Gasteiger charge is 2.20. The number of ether oxygens (including phenoxy) is 1. The Balaban J connectivity index is 1.40. The molecular formula is C23H25BrN8O3. The summed E-state index contributed by atoms with van der Waals surface area (Å²) in [4.78, 5) is 25.2. The van der Waals surface area contributed by atoms with Crippen LogP contribution in [0, 0.1) is 0 Å². The third-order valence-electron chi connectivity index (χ3n) is 5.88. The smallest absolute Gasteiger partial charge is 0.286 e. The molecule has 0 unspecified atom stereocenters. The molecule has 5 rings (SSSR count). The molecule has 11 nitrogen and oxygen atoms in total. The van der Waals surface area contributed by atoms with Crippen LogP contribution in [0.5, 0.6) is 5.75 Å². The molecule has 35 heavy (non-hydrogen) atoms. The molecule has 0 spiro atoms. The summed E-state index contributed by atoms with van der Waals surface area (Å²) in [5.74, 6) is 2.83. The molecule has 182 valence electrons. The lowest BCUT2D eigenvalue weighted by molar-refractivity contribution is 0.372. The van der Waals surface area contributed by atoms with Crippen molar-refractivity contribution in [1.29, 1.82) is 0 Å². The monoisotopic (exact) mass is 540 g/mol. The Bertz CT molecular complexity index is 1530. The number of fused-ring (bicyclic) bond motifs is 2. The molecule has 0 aliphatic heterocycles. The Morgan fingerprint density at radius 1 is 1.14 bits per heavy atom. The number of aromatic nitrogens is 8.